The Labute approximate surface area is 131 Å². The standard InChI is InChI=1S/C14H23ClN2O3S/c1-5-6-17-9-12(21(15,19)20)7-13(17)14(18)16-8-11(4)10(2)3/h7,9-11H,5-6,8H2,1-4H3,(H,16,18). The van der Waals surface area contributed by atoms with Gasteiger partial charge >= 0.3 is 0 Å². The van der Waals surface area contributed by atoms with E-state index in [1.165, 1.54) is 12.3 Å². The summed E-state index contributed by atoms with van der Waals surface area (Å²) in [5.74, 6) is 0.536. The van der Waals surface area contributed by atoms with Gasteiger partial charge in [-0.2, -0.15) is 0 Å². The summed E-state index contributed by atoms with van der Waals surface area (Å²) in [6.45, 7) is 9.32. The molecule has 0 aliphatic heterocycles. The molecule has 0 saturated heterocycles. The van der Waals surface area contributed by atoms with Gasteiger partial charge in [0, 0.05) is 30.0 Å². The van der Waals surface area contributed by atoms with Gasteiger partial charge in [-0.3, -0.25) is 4.79 Å². The lowest BCUT2D eigenvalue weighted by Crippen LogP contribution is -2.31. The molecule has 0 radical (unpaired) electrons. The Balaban J connectivity index is 2.94. The summed E-state index contributed by atoms with van der Waals surface area (Å²) in [5, 5.41) is 2.85. The van der Waals surface area contributed by atoms with Crippen molar-refractivity contribution in [3.05, 3.63) is 18.0 Å². The first-order chi connectivity index (χ1) is 9.66. The van der Waals surface area contributed by atoms with Crippen molar-refractivity contribution in [1.82, 2.24) is 9.88 Å². The molecule has 1 heterocycles. The van der Waals surface area contributed by atoms with Crippen LogP contribution in [0.15, 0.2) is 17.2 Å². The van der Waals surface area contributed by atoms with E-state index in [2.05, 4.69) is 26.1 Å². The summed E-state index contributed by atoms with van der Waals surface area (Å²) in [6.07, 6.45) is 2.20. The highest BCUT2D eigenvalue weighted by Gasteiger charge is 2.20. The molecule has 120 valence electrons. The zero-order chi connectivity index (χ0) is 16.2. The molecular weight excluding hydrogens is 312 g/mol. The Morgan fingerprint density at radius 3 is 2.48 bits per heavy atom. The summed E-state index contributed by atoms with van der Waals surface area (Å²) in [6, 6.07) is 1.33. The van der Waals surface area contributed by atoms with Crippen molar-refractivity contribution in [1.29, 1.82) is 0 Å². The van der Waals surface area contributed by atoms with Crippen LogP contribution in [0.2, 0.25) is 0 Å². The number of aromatic nitrogens is 1. The minimum Gasteiger partial charge on any atom is -0.350 e. The Kier molecular flexibility index (Phi) is 6.28. The van der Waals surface area contributed by atoms with Gasteiger partial charge in [-0.15, -0.1) is 0 Å². The Hall–Kier alpha value is -1.01. The number of hydrogen-bond acceptors (Lipinski definition) is 3. The topological polar surface area (TPSA) is 68.2 Å². The van der Waals surface area contributed by atoms with Crippen molar-refractivity contribution < 1.29 is 13.2 Å². The van der Waals surface area contributed by atoms with Gasteiger partial charge in [0.2, 0.25) is 0 Å². The fourth-order valence-electron chi connectivity index (χ4n) is 1.81. The molecule has 7 heteroatoms. The van der Waals surface area contributed by atoms with Crippen LogP contribution < -0.4 is 5.32 Å². The third-order valence-electron chi connectivity index (χ3n) is 3.57. The van der Waals surface area contributed by atoms with Gasteiger partial charge in [-0.05, 0) is 24.3 Å². The van der Waals surface area contributed by atoms with Crippen LogP contribution in [0.5, 0.6) is 0 Å². The Morgan fingerprint density at radius 2 is 2.00 bits per heavy atom. The van der Waals surface area contributed by atoms with E-state index in [0.717, 1.165) is 6.42 Å². The number of carbonyl (C=O) groups excluding carboxylic acids is 1. The smallest absolute Gasteiger partial charge is 0.267 e. The van der Waals surface area contributed by atoms with E-state index < -0.39 is 9.05 Å². The maximum atomic E-state index is 12.2. The van der Waals surface area contributed by atoms with Gasteiger partial charge < -0.3 is 9.88 Å². The second-order valence-electron chi connectivity index (χ2n) is 5.62. The SMILES string of the molecule is CCCn1cc(S(=O)(=O)Cl)cc1C(=O)NCC(C)C(C)C. The monoisotopic (exact) mass is 334 g/mol. The predicted octanol–water partition coefficient (Wildman–Crippen LogP) is 2.85. The third kappa shape index (κ3) is 5.04. The third-order valence-corrected chi connectivity index (χ3v) is 4.89. The average molecular weight is 335 g/mol. The van der Waals surface area contributed by atoms with Crippen molar-refractivity contribution in [2.45, 2.75) is 45.6 Å². The van der Waals surface area contributed by atoms with Crippen molar-refractivity contribution in [3.8, 4) is 0 Å². The lowest BCUT2D eigenvalue weighted by molar-refractivity contribution is 0.0935. The molecule has 1 N–H and O–H groups in total. The molecule has 1 atom stereocenters. The largest absolute Gasteiger partial charge is 0.350 e. The summed E-state index contributed by atoms with van der Waals surface area (Å²) in [4.78, 5) is 12.2. The number of nitrogens with zero attached hydrogens (tertiary/aromatic N) is 1. The van der Waals surface area contributed by atoms with Crippen LogP contribution in [-0.4, -0.2) is 25.4 Å². The van der Waals surface area contributed by atoms with Gasteiger partial charge in [0.1, 0.15) is 10.6 Å². The molecule has 1 aromatic heterocycles. The molecule has 0 aliphatic carbocycles. The molecule has 5 nitrogen and oxygen atoms in total. The number of hydrogen-bond donors (Lipinski definition) is 1. The number of nitrogens with one attached hydrogen (secondary N) is 1. The highest BCUT2D eigenvalue weighted by molar-refractivity contribution is 8.13. The van der Waals surface area contributed by atoms with Crippen LogP contribution in [0.1, 0.15) is 44.6 Å². The van der Waals surface area contributed by atoms with Crippen LogP contribution >= 0.6 is 10.7 Å². The van der Waals surface area contributed by atoms with Crippen molar-refractivity contribution in [3.63, 3.8) is 0 Å². The molecule has 0 saturated carbocycles. The minimum absolute atomic E-state index is 0.0420. The van der Waals surface area contributed by atoms with Crippen LogP contribution in [0.25, 0.3) is 0 Å². The maximum Gasteiger partial charge on any atom is 0.267 e. The minimum atomic E-state index is -3.83. The second kappa shape index (κ2) is 7.31. The summed E-state index contributed by atoms with van der Waals surface area (Å²) in [5.41, 5.74) is 0.326. The van der Waals surface area contributed by atoms with Crippen LogP contribution in [0, 0.1) is 11.8 Å². The van der Waals surface area contributed by atoms with Crippen LogP contribution in [0.3, 0.4) is 0 Å². The Bertz CT molecular complexity index is 593. The molecule has 1 rings (SSSR count). The summed E-state index contributed by atoms with van der Waals surface area (Å²) in [7, 11) is 1.52. The van der Waals surface area contributed by atoms with E-state index in [4.69, 9.17) is 10.7 Å². The molecule has 0 bridgehead atoms. The van der Waals surface area contributed by atoms with E-state index in [1.54, 1.807) is 4.57 Å². The summed E-state index contributed by atoms with van der Waals surface area (Å²) >= 11 is 0. The number of aryl methyl sites for hydroxylation is 1. The zero-order valence-electron chi connectivity index (χ0n) is 12.9. The molecule has 0 aliphatic rings. The predicted molar refractivity (Wildman–Crippen MR) is 84.1 cm³/mol. The molecule has 1 amide bonds. The molecule has 0 fully saturated rings. The van der Waals surface area contributed by atoms with Crippen LogP contribution in [0.4, 0.5) is 0 Å². The molecule has 21 heavy (non-hydrogen) atoms. The lowest BCUT2D eigenvalue weighted by atomic mass is 9.98. The van der Waals surface area contributed by atoms with Gasteiger partial charge in [-0.25, -0.2) is 8.42 Å². The molecule has 0 spiro atoms. The summed E-state index contributed by atoms with van der Waals surface area (Å²) < 4.78 is 24.4. The lowest BCUT2D eigenvalue weighted by Gasteiger charge is -2.16. The van der Waals surface area contributed by atoms with Crippen molar-refractivity contribution >= 4 is 25.6 Å². The fourth-order valence-corrected chi connectivity index (χ4v) is 2.57. The highest BCUT2D eigenvalue weighted by Crippen LogP contribution is 2.19. The van der Waals surface area contributed by atoms with Crippen molar-refractivity contribution in [2.24, 2.45) is 11.8 Å². The maximum absolute atomic E-state index is 12.2. The average Bonchev–Trinajstić information content (AvgIpc) is 2.79. The van der Waals surface area contributed by atoms with Crippen molar-refractivity contribution in [2.75, 3.05) is 6.54 Å². The quantitative estimate of drug-likeness (QED) is 0.779. The second-order valence-corrected chi connectivity index (χ2v) is 8.19. The van der Waals surface area contributed by atoms with Gasteiger partial charge in [0.15, 0.2) is 0 Å². The van der Waals surface area contributed by atoms with Gasteiger partial charge in [0.25, 0.3) is 15.0 Å². The Morgan fingerprint density at radius 1 is 1.38 bits per heavy atom. The number of carbonyl (C=O) groups is 1. The molecule has 1 aromatic rings. The van der Waals surface area contributed by atoms with E-state index in [0.29, 0.717) is 30.6 Å². The number of rotatable bonds is 7. The molecule has 1 unspecified atom stereocenters. The first-order valence-corrected chi connectivity index (χ1v) is 9.40. The molecule has 0 aromatic carbocycles. The van der Waals surface area contributed by atoms with E-state index in [1.807, 2.05) is 6.92 Å². The normalized spacial score (nSPS) is 13.4. The van der Waals surface area contributed by atoms with Crippen LogP contribution in [-0.2, 0) is 15.6 Å². The van der Waals surface area contributed by atoms with E-state index in [9.17, 15) is 13.2 Å². The fraction of sp³-hybridized carbons (Fsp3) is 0.643. The highest BCUT2D eigenvalue weighted by atomic mass is 35.7. The van der Waals surface area contributed by atoms with E-state index >= 15 is 0 Å². The zero-order valence-corrected chi connectivity index (χ0v) is 14.5. The first kappa shape index (κ1) is 18.0. The van der Waals surface area contributed by atoms with E-state index in [-0.39, 0.29) is 10.8 Å². The number of halogens is 1. The van der Waals surface area contributed by atoms with Gasteiger partial charge in [-0.1, -0.05) is 27.7 Å². The number of amides is 1. The molecular formula is C14H23ClN2O3S. The first-order valence-electron chi connectivity index (χ1n) is 7.09. The van der Waals surface area contributed by atoms with Gasteiger partial charge in [0.05, 0.1) is 0 Å².